The van der Waals surface area contributed by atoms with Crippen molar-refractivity contribution >= 4 is 12.6 Å². The van der Waals surface area contributed by atoms with Gasteiger partial charge in [-0.05, 0) is 25.0 Å². The van der Waals surface area contributed by atoms with Crippen LogP contribution >= 0.6 is 0 Å². The summed E-state index contributed by atoms with van der Waals surface area (Å²) in [5.74, 6) is -0.623. The van der Waals surface area contributed by atoms with Crippen LogP contribution in [0.2, 0.25) is 0 Å². The van der Waals surface area contributed by atoms with E-state index in [-0.39, 0.29) is 11.6 Å². The van der Waals surface area contributed by atoms with Crippen LogP contribution in [0.15, 0.2) is 18.2 Å². The summed E-state index contributed by atoms with van der Waals surface area (Å²) in [6.07, 6.45) is 1.03. The Morgan fingerprint density at radius 3 is 2.69 bits per heavy atom. The van der Waals surface area contributed by atoms with Crippen LogP contribution < -0.4 is 5.46 Å². The Hall–Kier alpha value is -0.905. The highest BCUT2D eigenvalue weighted by atomic mass is 19.1. The van der Waals surface area contributed by atoms with Gasteiger partial charge in [0.1, 0.15) is 5.82 Å². The van der Waals surface area contributed by atoms with E-state index in [4.69, 9.17) is 14.8 Å². The zero-order chi connectivity index (χ0) is 12.1. The number of rotatable bonds is 5. The van der Waals surface area contributed by atoms with Crippen LogP contribution in [0, 0.1) is 5.82 Å². The molecule has 0 aliphatic rings. The van der Waals surface area contributed by atoms with Gasteiger partial charge >= 0.3 is 7.12 Å². The van der Waals surface area contributed by atoms with Gasteiger partial charge in [0.05, 0.1) is 12.7 Å². The third kappa shape index (κ3) is 3.59. The van der Waals surface area contributed by atoms with E-state index < -0.39 is 12.9 Å². The Balaban J connectivity index is 2.71. The van der Waals surface area contributed by atoms with Gasteiger partial charge in [0.2, 0.25) is 0 Å². The Bertz CT molecular complexity index is 344. The summed E-state index contributed by atoms with van der Waals surface area (Å²) in [4.78, 5) is 0. The minimum Gasteiger partial charge on any atom is -0.423 e. The maximum absolute atomic E-state index is 13.1. The normalized spacial score (nSPS) is 12.6. The van der Waals surface area contributed by atoms with Crippen LogP contribution in [0.3, 0.4) is 0 Å². The second kappa shape index (κ2) is 5.99. The highest BCUT2D eigenvalue weighted by Crippen LogP contribution is 2.06. The van der Waals surface area contributed by atoms with E-state index in [1.807, 2.05) is 13.8 Å². The summed E-state index contributed by atoms with van der Waals surface area (Å²) in [6, 6.07) is 4.19. The van der Waals surface area contributed by atoms with E-state index in [1.54, 1.807) is 6.07 Å². The second-order valence-corrected chi connectivity index (χ2v) is 3.76. The zero-order valence-electron chi connectivity index (χ0n) is 9.48. The van der Waals surface area contributed by atoms with Gasteiger partial charge in [-0.2, -0.15) is 0 Å². The molecule has 88 valence electrons. The summed E-state index contributed by atoms with van der Waals surface area (Å²) in [5.41, 5.74) is 0.607. The Kier molecular flexibility index (Phi) is 4.92. The molecule has 1 aromatic rings. The summed E-state index contributed by atoms with van der Waals surface area (Å²) >= 11 is 0. The van der Waals surface area contributed by atoms with Crippen molar-refractivity contribution in [1.29, 1.82) is 0 Å². The lowest BCUT2D eigenvalue weighted by atomic mass is 9.79. The van der Waals surface area contributed by atoms with Gasteiger partial charge in [0, 0.05) is 5.46 Å². The molecule has 1 atom stereocenters. The second-order valence-electron chi connectivity index (χ2n) is 3.76. The first-order valence-corrected chi connectivity index (χ1v) is 5.30. The molecule has 0 saturated carbocycles. The number of benzene rings is 1. The molecule has 16 heavy (non-hydrogen) atoms. The number of ether oxygens (including phenoxy) is 1. The predicted molar refractivity (Wildman–Crippen MR) is 60.8 cm³/mol. The molecule has 5 heteroatoms. The van der Waals surface area contributed by atoms with Gasteiger partial charge in [-0.1, -0.05) is 19.1 Å². The van der Waals surface area contributed by atoms with Crippen molar-refractivity contribution in [3.05, 3.63) is 29.6 Å². The van der Waals surface area contributed by atoms with Crippen molar-refractivity contribution in [1.82, 2.24) is 0 Å². The molecule has 1 aromatic carbocycles. The first kappa shape index (κ1) is 13.2. The Morgan fingerprint density at radius 1 is 1.44 bits per heavy atom. The van der Waals surface area contributed by atoms with Crippen LogP contribution in [0.25, 0.3) is 0 Å². The van der Waals surface area contributed by atoms with Crippen LogP contribution in [0.4, 0.5) is 4.39 Å². The van der Waals surface area contributed by atoms with Crippen molar-refractivity contribution < 1.29 is 19.2 Å². The van der Waals surface area contributed by atoms with Gasteiger partial charge in [-0.25, -0.2) is 4.39 Å². The fourth-order valence-electron chi connectivity index (χ4n) is 1.24. The van der Waals surface area contributed by atoms with E-state index in [9.17, 15) is 4.39 Å². The molecular weight excluding hydrogens is 210 g/mol. The maximum Gasteiger partial charge on any atom is 0.491 e. The average Bonchev–Trinajstić information content (AvgIpc) is 2.27. The lowest BCUT2D eigenvalue weighted by molar-refractivity contribution is 0.0508. The topological polar surface area (TPSA) is 49.7 Å². The van der Waals surface area contributed by atoms with Gasteiger partial charge in [-0.3, -0.25) is 0 Å². The molecule has 0 aliphatic heterocycles. The molecular formula is C11H16BFO3. The quantitative estimate of drug-likeness (QED) is 0.731. The summed E-state index contributed by atoms with van der Waals surface area (Å²) in [5, 5.41) is 17.9. The highest BCUT2D eigenvalue weighted by Gasteiger charge is 2.16. The Labute approximate surface area is 95.0 Å². The molecule has 3 nitrogen and oxygen atoms in total. The number of hydrogen-bond donors (Lipinski definition) is 2. The average molecular weight is 226 g/mol. The highest BCUT2D eigenvalue weighted by molar-refractivity contribution is 6.58. The van der Waals surface area contributed by atoms with Crippen molar-refractivity contribution in [3.63, 3.8) is 0 Å². The third-order valence-corrected chi connectivity index (χ3v) is 2.45. The molecule has 0 heterocycles. The predicted octanol–water partition coefficient (Wildman–Crippen LogP) is 0.821. The molecule has 0 amide bonds. The van der Waals surface area contributed by atoms with Crippen molar-refractivity contribution in [2.75, 3.05) is 0 Å². The Morgan fingerprint density at radius 2 is 2.12 bits per heavy atom. The van der Waals surface area contributed by atoms with Crippen LogP contribution in [-0.4, -0.2) is 23.3 Å². The van der Waals surface area contributed by atoms with Gasteiger partial charge in [-0.15, -0.1) is 0 Å². The van der Waals surface area contributed by atoms with E-state index in [0.717, 1.165) is 12.0 Å². The lowest BCUT2D eigenvalue weighted by Crippen LogP contribution is -2.33. The molecule has 0 spiro atoms. The summed E-state index contributed by atoms with van der Waals surface area (Å²) in [6.45, 7) is 4.30. The lowest BCUT2D eigenvalue weighted by Gasteiger charge is -2.11. The fraction of sp³-hybridized carbons (Fsp3) is 0.455. The molecule has 0 bridgehead atoms. The molecule has 0 saturated heterocycles. The van der Waals surface area contributed by atoms with E-state index in [1.165, 1.54) is 12.1 Å². The van der Waals surface area contributed by atoms with Gasteiger partial charge in [0.25, 0.3) is 0 Å². The van der Waals surface area contributed by atoms with Crippen LogP contribution in [-0.2, 0) is 11.3 Å². The minimum absolute atomic E-state index is 0.120. The first-order valence-electron chi connectivity index (χ1n) is 5.30. The summed E-state index contributed by atoms with van der Waals surface area (Å²) < 4.78 is 18.6. The van der Waals surface area contributed by atoms with Crippen molar-refractivity contribution in [3.8, 4) is 0 Å². The first-order chi connectivity index (χ1) is 7.54. The number of hydrogen-bond acceptors (Lipinski definition) is 3. The SMILES string of the molecule is CCC(C)OCc1ccc(F)c(B(O)O)c1. The largest absolute Gasteiger partial charge is 0.491 e. The fourth-order valence-corrected chi connectivity index (χ4v) is 1.24. The van der Waals surface area contributed by atoms with Crippen molar-refractivity contribution in [2.45, 2.75) is 33.0 Å². The molecule has 1 rings (SSSR count). The minimum atomic E-state index is -1.79. The summed E-state index contributed by atoms with van der Waals surface area (Å²) in [7, 11) is -1.79. The molecule has 1 unspecified atom stereocenters. The molecule has 0 radical (unpaired) electrons. The van der Waals surface area contributed by atoms with Crippen molar-refractivity contribution in [2.24, 2.45) is 0 Å². The monoisotopic (exact) mass is 226 g/mol. The molecule has 0 aromatic heterocycles. The van der Waals surface area contributed by atoms with E-state index in [2.05, 4.69) is 0 Å². The smallest absolute Gasteiger partial charge is 0.423 e. The molecule has 0 aliphatic carbocycles. The van der Waals surface area contributed by atoms with E-state index >= 15 is 0 Å². The maximum atomic E-state index is 13.1. The molecule has 0 fully saturated rings. The van der Waals surface area contributed by atoms with Gasteiger partial charge in [0.15, 0.2) is 0 Å². The number of halogens is 1. The molecule has 2 N–H and O–H groups in total. The standard InChI is InChI=1S/C11H16BFO3/c1-3-8(2)16-7-9-4-5-11(13)10(6-9)12(14)15/h4-6,8,14-15H,3,7H2,1-2H3. The zero-order valence-corrected chi connectivity index (χ0v) is 9.48. The van der Waals surface area contributed by atoms with Crippen LogP contribution in [0.5, 0.6) is 0 Å². The van der Waals surface area contributed by atoms with E-state index in [0.29, 0.717) is 6.61 Å². The van der Waals surface area contributed by atoms with Crippen LogP contribution in [0.1, 0.15) is 25.8 Å². The van der Waals surface area contributed by atoms with Gasteiger partial charge < -0.3 is 14.8 Å². The third-order valence-electron chi connectivity index (χ3n) is 2.45.